The number of nitrogens with zero attached hydrogens (tertiary/aromatic N) is 2. The Hall–Kier alpha value is -2.65. The highest BCUT2D eigenvalue weighted by molar-refractivity contribution is 7.91. The smallest absolute Gasteiger partial charge is 0.274 e. The number of aromatic nitrogens is 2. The van der Waals surface area contributed by atoms with E-state index in [4.69, 9.17) is 11.6 Å². The lowest BCUT2D eigenvalue weighted by Crippen LogP contribution is -2.19. The molecule has 0 aliphatic heterocycles. The fraction of sp³-hybridized carbons (Fsp3) is 0.238. The Kier molecular flexibility index (Phi) is 6.03. The van der Waals surface area contributed by atoms with Crippen LogP contribution in [0.1, 0.15) is 30.0 Å². The van der Waals surface area contributed by atoms with Gasteiger partial charge in [0, 0.05) is 23.1 Å². The van der Waals surface area contributed by atoms with Crippen LogP contribution in [-0.4, -0.2) is 29.6 Å². The Bertz CT molecular complexity index is 1240. The van der Waals surface area contributed by atoms with E-state index in [9.17, 15) is 26.4 Å². The fourth-order valence-corrected chi connectivity index (χ4v) is 4.42. The summed E-state index contributed by atoms with van der Waals surface area (Å²) in [6.45, 7) is 4.23. The van der Waals surface area contributed by atoms with E-state index >= 15 is 0 Å². The van der Waals surface area contributed by atoms with E-state index in [2.05, 4.69) is 4.98 Å². The van der Waals surface area contributed by atoms with Crippen LogP contribution in [0.3, 0.4) is 0 Å². The van der Waals surface area contributed by atoms with Gasteiger partial charge >= 0.3 is 6.18 Å². The van der Waals surface area contributed by atoms with Crippen molar-refractivity contribution in [1.82, 2.24) is 9.55 Å². The van der Waals surface area contributed by atoms with Gasteiger partial charge in [-0.05, 0) is 42.8 Å². The standard InChI is InChI=1S/C21H18ClF3N2O3S/c1-4-31(29,30)17-7-5-14(6-8-17)18-19(15-9-12(2)10-16(22)11-15)27(13(3)28)20(26-18)21(23,24)25/h5-11H,4H2,1-3H3. The van der Waals surface area contributed by atoms with Crippen molar-refractivity contribution in [2.45, 2.75) is 31.8 Å². The van der Waals surface area contributed by atoms with Crippen molar-refractivity contribution in [3.63, 3.8) is 0 Å². The van der Waals surface area contributed by atoms with Gasteiger partial charge in [0.1, 0.15) is 0 Å². The molecule has 0 saturated carbocycles. The largest absolute Gasteiger partial charge is 0.450 e. The van der Waals surface area contributed by atoms with Crippen LogP contribution in [0.5, 0.6) is 0 Å². The Balaban J connectivity index is 2.36. The van der Waals surface area contributed by atoms with Crippen LogP contribution in [-0.2, 0) is 16.0 Å². The quantitative estimate of drug-likeness (QED) is 0.494. The molecule has 0 aliphatic rings. The molecule has 31 heavy (non-hydrogen) atoms. The molecule has 0 bridgehead atoms. The second kappa shape index (κ2) is 8.12. The van der Waals surface area contributed by atoms with Gasteiger partial charge in [-0.25, -0.2) is 13.4 Å². The van der Waals surface area contributed by atoms with Gasteiger partial charge in [0.2, 0.25) is 11.7 Å². The minimum Gasteiger partial charge on any atom is -0.274 e. The summed E-state index contributed by atoms with van der Waals surface area (Å²) < 4.78 is 65.8. The van der Waals surface area contributed by atoms with Gasteiger partial charge in [0.05, 0.1) is 22.0 Å². The van der Waals surface area contributed by atoms with E-state index in [0.717, 1.165) is 6.92 Å². The van der Waals surface area contributed by atoms with Crippen LogP contribution < -0.4 is 0 Å². The maximum Gasteiger partial charge on any atom is 0.450 e. The first-order valence-corrected chi connectivity index (χ1v) is 11.2. The van der Waals surface area contributed by atoms with E-state index in [1.54, 1.807) is 19.1 Å². The molecule has 0 fully saturated rings. The van der Waals surface area contributed by atoms with E-state index in [0.29, 0.717) is 10.1 Å². The molecule has 3 rings (SSSR count). The maximum atomic E-state index is 13.7. The van der Waals surface area contributed by atoms with Crippen molar-refractivity contribution >= 4 is 27.3 Å². The normalized spacial score (nSPS) is 12.2. The zero-order valence-corrected chi connectivity index (χ0v) is 18.4. The molecule has 164 valence electrons. The van der Waals surface area contributed by atoms with Crippen molar-refractivity contribution in [1.29, 1.82) is 0 Å². The van der Waals surface area contributed by atoms with E-state index in [-0.39, 0.29) is 38.2 Å². The highest BCUT2D eigenvalue weighted by Gasteiger charge is 2.40. The molecule has 0 N–H and O–H groups in total. The average molecular weight is 471 g/mol. The number of sulfone groups is 1. The minimum absolute atomic E-state index is 0.0425. The predicted molar refractivity (Wildman–Crippen MR) is 112 cm³/mol. The third-order valence-electron chi connectivity index (χ3n) is 4.63. The maximum absolute atomic E-state index is 13.7. The number of hydrogen-bond donors (Lipinski definition) is 0. The van der Waals surface area contributed by atoms with Gasteiger partial charge in [-0.3, -0.25) is 9.36 Å². The van der Waals surface area contributed by atoms with Crippen molar-refractivity contribution < 1.29 is 26.4 Å². The minimum atomic E-state index is -4.89. The number of imidazole rings is 1. The number of rotatable bonds is 4. The number of hydrogen-bond acceptors (Lipinski definition) is 4. The molecule has 10 heteroatoms. The number of carbonyl (C=O) groups is 1. The van der Waals surface area contributed by atoms with Crippen molar-refractivity contribution in [3.8, 4) is 22.5 Å². The SMILES string of the molecule is CCS(=O)(=O)c1ccc(-c2nc(C(F)(F)F)n(C(C)=O)c2-c2cc(C)cc(Cl)c2)cc1. The number of halogens is 4. The number of alkyl halides is 3. The Morgan fingerprint density at radius 3 is 2.19 bits per heavy atom. The van der Waals surface area contributed by atoms with Gasteiger partial charge in [0.15, 0.2) is 9.84 Å². The molecule has 1 aromatic heterocycles. The molecule has 0 atom stereocenters. The molecule has 3 aromatic rings. The third kappa shape index (κ3) is 4.52. The van der Waals surface area contributed by atoms with Crippen LogP contribution in [0.15, 0.2) is 47.4 Å². The molecule has 0 radical (unpaired) electrons. The van der Waals surface area contributed by atoms with E-state index < -0.39 is 27.7 Å². The van der Waals surface area contributed by atoms with Crippen molar-refractivity contribution in [2.75, 3.05) is 5.75 Å². The van der Waals surface area contributed by atoms with Gasteiger partial charge in [-0.15, -0.1) is 0 Å². The highest BCUT2D eigenvalue weighted by Crippen LogP contribution is 2.39. The van der Waals surface area contributed by atoms with Gasteiger partial charge in [-0.2, -0.15) is 13.2 Å². The summed E-state index contributed by atoms with van der Waals surface area (Å²) in [5.41, 5.74) is 1.01. The summed E-state index contributed by atoms with van der Waals surface area (Å²) >= 11 is 6.11. The zero-order chi connectivity index (χ0) is 23.1. The number of aryl methyl sites for hydroxylation is 1. The molecule has 0 spiro atoms. The summed E-state index contributed by atoms with van der Waals surface area (Å²) in [5.74, 6) is -2.35. The second-order valence-corrected chi connectivity index (χ2v) is 9.64. The highest BCUT2D eigenvalue weighted by atomic mass is 35.5. The predicted octanol–water partition coefficient (Wildman–Crippen LogP) is 5.65. The van der Waals surface area contributed by atoms with Crippen LogP contribution in [0.4, 0.5) is 13.2 Å². The summed E-state index contributed by atoms with van der Waals surface area (Å²) in [6, 6.07) is 10.0. The summed E-state index contributed by atoms with van der Waals surface area (Å²) in [7, 11) is -3.49. The Morgan fingerprint density at radius 1 is 1.10 bits per heavy atom. The summed E-state index contributed by atoms with van der Waals surface area (Å²) in [6.07, 6.45) is -4.89. The molecule has 5 nitrogen and oxygen atoms in total. The van der Waals surface area contributed by atoms with E-state index in [1.807, 2.05) is 0 Å². The zero-order valence-electron chi connectivity index (χ0n) is 16.8. The molecule has 2 aromatic carbocycles. The van der Waals surface area contributed by atoms with Crippen LogP contribution in [0, 0.1) is 6.92 Å². The lowest BCUT2D eigenvalue weighted by molar-refractivity contribution is -0.146. The van der Waals surface area contributed by atoms with Crippen LogP contribution in [0.2, 0.25) is 5.02 Å². The van der Waals surface area contributed by atoms with Crippen LogP contribution >= 0.6 is 11.6 Å². The lowest BCUT2D eigenvalue weighted by atomic mass is 10.0. The van der Waals surface area contributed by atoms with Gasteiger partial charge < -0.3 is 0 Å². The Labute approximate surface area is 182 Å². The molecular weight excluding hydrogens is 453 g/mol. The first kappa shape index (κ1) is 23.0. The topological polar surface area (TPSA) is 69.0 Å². The van der Waals surface area contributed by atoms with Crippen molar-refractivity contribution in [3.05, 3.63) is 58.9 Å². The van der Waals surface area contributed by atoms with Gasteiger partial charge in [0.25, 0.3) is 0 Å². The molecular formula is C21H18ClF3N2O3S. The molecule has 0 unspecified atom stereocenters. The first-order chi connectivity index (χ1) is 14.3. The molecule has 0 amide bonds. The fourth-order valence-electron chi connectivity index (χ4n) is 3.24. The third-order valence-corrected chi connectivity index (χ3v) is 6.60. The van der Waals surface area contributed by atoms with Gasteiger partial charge in [-0.1, -0.05) is 30.7 Å². The summed E-state index contributed by atoms with van der Waals surface area (Å²) in [5, 5.41) is 0.287. The van der Waals surface area contributed by atoms with E-state index in [1.165, 1.54) is 37.3 Å². The average Bonchev–Trinajstić information content (AvgIpc) is 3.09. The number of benzene rings is 2. The lowest BCUT2D eigenvalue weighted by Gasteiger charge is -2.12. The molecule has 0 saturated heterocycles. The second-order valence-electron chi connectivity index (χ2n) is 6.93. The first-order valence-electron chi connectivity index (χ1n) is 9.16. The molecule has 1 heterocycles. The molecule has 0 aliphatic carbocycles. The van der Waals surface area contributed by atoms with Crippen LogP contribution in [0.25, 0.3) is 22.5 Å². The summed E-state index contributed by atoms with van der Waals surface area (Å²) in [4.78, 5) is 16.0. The van der Waals surface area contributed by atoms with Crippen molar-refractivity contribution in [2.24, 2.45) is 0 Å². The Morgan fingerprint density at radius 2 is 1.71 bits per heavy atom. The number of carbonyl (C=O) groups excluding carboxylic acids is 1. The monoisotopic (exact) mass is 470 g/mol.